The van der Waals surface area contributed by atoms with E-state index in [4.69, 9.17) is 35.0 Å². The fraction of sp³-hybridized carbons (Fsp3) is 0.200. The molecule has 52 heavy (non-hydrogen) atoms. The number of benzene rings is 4. The first-order chi connectivity index (χ1) is 25.3. The molecule has 2 aliphatic heterocycles. The molecule has 0 bridgehead atoms. The Balaban J connectivity index is 0.996. The summed E-state index contributed by atoms with van der Waals surface area (Å²) >= 11 is 0. The molecule has 4 atom stereocenters. The van der Waals surface area contributed by atoms with Crippen molar-refractivity contribution in [1.82, 2.24) is 0 Å². The quantitative estimate of drug-likeness (QED) is 0.0695. The van der Waals surface area contributed by atoms with Crippen LogP contribution in [0.25, 0.3) is 17.0 Å². The van der Waals surface area contributed by atoms with E-state index in [2.05, 4.69) is 4.85 Å². The molecule has 0 amide bonds. The van der Waals surface area contributed by atoms with Gasteiger partial charge in [0.1, 0.15) is 60.2 Å². The van der Waals surface area contributed by atoms with Gasteiger partial charge < -0.3 is 28.4 Å². The van der Waals surface area contributed by atoms with Gasteiger partial charge >= 0.3 is 11.9 Å². The second-order valence-corrected chi connectivity index (χ2v) is 11.8. The number of nitriles is 1. The highest BCUT2D eigenvalue weighted by atomic mass is 19.1. The van der Waals surface area contributed by atoms with E-state index < -0.39 is 36.4 Å². The van der Waals surface area contributed by atoms with Crippen molar-refractivity contribution in [3.63, 3.8) is 0 Å². The maximum absolute atomic E-state index is 13.4. The highest BCUT2D eigenvalue weighted by molar-refractivity contribution is 5.98. The lowest BCUT2D eigenvalue weighted by Gasteiger charge is -2.17. The largest absolute Gasteiger partial charge is 0.489 e. The van der Waals surface area contributed by atoms with E-state index in [1.54, 1.807) is 72.8 Å². The van der Waals surface area contributed by atoms with Crippen LogP contribution in [0, 0.1) is 29.5 Å². The third-order valence-electron chi connectivity index (χ3n) is 8.11. The van der Waals surface area contributed by atoms with Crippen LogP contribution in [-0.4, -0.2) is 49.6 Å². The van der Waals surface area contributed by atoms with Crippen LogP contribution in [0.4, 0.5) is 8.78 Å². The van der Waals surface area contributed by atoms with E-state index in [1.807, 2.05) is 6.07 Å². The molecule has 10 nitrogen and oxygen atoms in total. The van der Waals surface area contributed by atoms with Gasteiger partial charge in [-0.1, -0.05) is 48.5 Å². The zero-order valence-corrected chi connectivity index (χ0v) is 27.4. The number of nitrogens with zero attached hydrogens (tertiary/aromatic N) is 2. The summed E-state index contributed by atoms with van der Waals surface area (Å²) in [7, 11) is 0. The molecule has 4 aromatic carbocycles. The first-order valence-electron chi connectivity index (χ1n) is 16.1. The molecule has 2 fully saturated rings. The number of carbonyl (C=O) groups is 2. The van der Waals surface area contributed by atoms with Crippen molar-refractivity contribution in [1.29, 1.82) is 5.26 Å². The zero-order chi connectivity index (χ0) is 36.5. The maximum atomic E-state index is 13.4. The van der Waals surface area contributed by atoms with Crippen molar-refractivity contribution in [3.05, 3.63) is 154 Å². The van der Waals surface area contributed by atoms with E-state index in [1.165, 1.54) is 36.4 Å². The van der Waals surface area contributed by atoms with E-state index in [9.17, 15) is 23.6 Å². The SMILES string of the molecule is [C-]#[N+]/C(=C\c1ccc(OCc2cccc(F)c2)cc1)C(=O)O[C@@H]1CO[C@H]2[C@@H]1OC[C@@H]2OC(=O)/C(C#N)=C/c1ccc(OCc2cccc(F)c2)cc1. The van der Waals surface area contributed by atoms with Gasteiger partial charge in [-0.3, -0.25) is 4.79 Å². The summed E-state index contributed by atoms with van der Waals surface area (Å²) in [6.07, 6.45) is -0.485. The minimum Gasteiger partial charge on any atom is -0.489 e. The van der Waals surface area contributed by atoms with Gasteiger partial charge in [0.25, 0.3) is 5.70 Å². The molecule has 12 heteroatoms. The fourth-order valence-electron chi connectivity index (χ4n) is 5.54. The lowest BCUT2D eigenvalue weighted by atomic mass is 10.1. The topological polar surface area (TPSA) is 118 Å². The number of carbonyl (C=O) groups excluding carboxylic acids is 2. The molecule has 2 aliphatic rings. The van der Waals surface area contributed by atoms with E-state index in [0.717, 1.165) is 0 Å². The highest BCUT2D eigenvalue weighted by Crippen LogP contribution is 2.32. The number of fused-ring (bicyclic) bond motifs is 1. The van der Waals surface area contributed by atoms with Crippen molar-refractivity contribution >= 4 is 24.1 Å². The molecule has 0 saturated carbocycles. The summed E-state index contributed by atoms with van der Waals surface area (Å²) in [4.78, 5) is 29.2. The molecule has 0 N–H and O–H groups in total. The summed E-state index contributed by atoms with van der Waals surface area (Å²) in [6.45, 7) is 7.77. The average molecular weight is 705 g/mol. The Kier molecular flexibility index (Phi) is 11.3. The van der Waals surface area contributed by atoms with Gasteiger partial charge in [0.2, 0.25) is 0 Å². The van der Waals surface area contributed by atoms with Gasteiger partial charge in [0.15, 0.2) is 12.2 Å². The first-order valence-corrected chi connectivity index (χ1v) is 16.1. The van der Waals surface area contributed by atoms with Crippen molar-refractivity contribution in [2.24, 2.45) is 0 Å². The number of halogens is 2. The van der Waals surface area contributed by atoms with Crippen molar-refractivity contribution in [3.8, 4) is 17.6 Å². The Morgan fingerprint density at radius 1 is 0.750 bits per heavy atom. The van der Waals surface area contributed by atoms with Crippen LogP contribution >= 0.6 is 0 Å². The van der Waals surface area contributed by atoms with E-state index >= 15 is 0 Å². The normalized spacial score (nSPS) is 19.5. The maximum Gasteiger partial charge on any atom is 0.349 e. The number of rotatable bonds is 12. The first kappa shape index (κ1) is 35.5. The summed E-state index contributed by atoms with van der Waals surface area (Å²) in [6, 6.07) is 27.3. The molecule has 262 valence electrons. The van der Waals surface area contributed by atoms with Crippen LogP contribution in [0.2, 0.25) is 0 Å². The molecular weight excluding hydrogens is 674 g/mol. The van der Waals surface area contributed by atoms with Crippen molar-refractivity contribution < 1.29 is 46.8 Å². The molecule has 0 unspecified atom stereocenters. The zero-order valence-electron chi connectivity index (χ0n) is 27.4. The average Bonchev–Trinajstić information content (AvgIpc) is 3.74. The molecule has 2 saturated heterocycles. The molecule has 4 aromatic rings. The third kappa shape index (κ3) is 9.06. The van der Waals surface area contributed by atoms with Crippen LogP contribution in [-0.2, 0) is 41.8 Å². The van der Waals surface area contributed by atoms with Gasteiger partial charge in [0.05, 0.1) is 19.8 Å². The minimum absolute atomic E-state index is 0.0493. The Hall–Kier alpha value is -6.34. The molecular formula is C40H30F2N2O8. The molecule has 2 heterocycles. The molecule has 0 aliphatic carbocycles. The summed E-state index contributed by atoms with van der Waals surface area (Å²) in [5, 5.41) is 9.68. The second-order valence-electron chi connectivity index (χ2n) is 11.8. The fourth-order valence-corrected chi connectivity index (χ4v) is 5.54. The molecule has 0 spiro atoms. The summed E-state index contributed by atoms with van der Waals surface area (Å²) in [5.74, 6) is -1.42. The Labute approximate surface area is 297 Å². The van der Waals surface area contributed by atoms with Crippen molar-refractivity contribution in [2.75, 3.05) is 13.2 Å². The standard InChI is InChI=1S/C40H30F2N2O8/c1-44-34(19-26-10-14-33(15-11-26)48-22-28-5-3-7-31(42)18-28)40(46)52-36-24-50-37-35(23-49-38(36)37)51-39(45)29(20-43)16-25-8-12-32(13-9-25)47-21-27-4-2-6-30(41)17-27/h2-19,35-38H,21-24H2/b29-16+,34-19-/t35-,36+,37+,38+/m0/s1. The lowest BCUT2D eigenvalue weighted by molar-refractivity contribution is -0.150. The molecule has 6 rings (SSSR count). The lowest BCUT2D eigenvalue weighted by Crippen LogP contribution is -2.36. The van der Waals surface area contributed by atoms with Gasteiger partial charge in [-0.2, -0.15) is 5.26 Å². The van der Waals surface area contributed by atoms with Crippen LogP contribution in [0.3, 0.4) is 0 Å². The number of hydrogen-bond acceptors (Lipinski definition) is 9. The summed E-state index contributed by atoms with van der Waals surface area (Å²) < 4.78 is 60.9. The number of ether oxygens (including phenoxy) is 6. The smallest absolute Gasteiger partial charge is 0.349 e. The minimum atomic E-state index is -0.879. The van der Waals surface area contributed by atoms with Crippen LogP contribution in [0.5, 0.6) is 11.5 Å². The third-order valence-corrected chi connectivity index (χ3v) is 8.11. The Morgan fingerprint density at radius 3 is 1.69 bits per heavy atom. The number of hydrogen-bond donors (Lipinski definition) is 0. The van der Waals surface area contributed by atoms with E-state index in [-0.39, 0.29) is 49.3 Å². The van der Waals surface area contributed by atoms with Gasteiger partial charge in [-0.25, -0.2) is 18.4 Å². The predicted molar refractivity (Wildman–Crippen MR) is 182 cm³/mol. The summed E-state index contributed by atoms with van der Waals surface area (Å²) in [5.41, 5.74) is 1.92. The Bertz CT molecular complexity index is 1920. The molecule has 0 radical (unpaired) electrons. The van der Waals surface area contributed by atoms with E-state index in [0.29, 0.717) is 33.8 Å². The van der Waals surface area contributed by atoms with Gasteiger partial charge in [-0.15, -0.1) is 0 Å². The van der Waals surface area contributed by atoms with Crippen molar-refractivity contribution in [2.45, 2.75) is 37.6 Å². The van der Waals surface area contributed by atoms with Gasteiger partial charge in [-0.05, 0) is 82.9 Å². The van der Waals surface area contributed by atoms with Crippen LogP contribution in [0.15, 0.2) is 108 Å². The molecule has 0 aromatic heterocycles. The van der Waals surface area contributed by atoms with Crippen LogP contribution < -0.4 is 9.47 Å². The van der Waals surface area contributed by atoms with Crippen LogP contribution in [0.1, 0.15) is 22.3 Å². The second kappa shape index (κ2) is 16.6. The number of esters is 2. The highest BCUT2D eigenvalue weighted by Gasteiger charge is 2.51. The Morgan fingerprint density at radius 2 is 1.23 bits per heavy atom. The monoisotopic (exact) mass is 704 g/mol. The van der Waals surface area contributed by atoms with Gasteiger partial charge in [0, 0.05) is 0 Å². The predicted octanol–water partition coefficient (Wildman–Crippen LogP) is 6.61.